The molecule has 0 spiro atoms. The molecule has 36 heavy (non-hydrogen) atoms. The van der Waals surface area contributed by atoms with E-state index in [0.717, 1.165) is 18.0 Å². The van der Waals surface area contributed by atoms with Crippen molar-refractivity contribution in [3.05, 3.63) is 40.9 Å². The van der Waals surface area contributed by atoms with E-state index in [9.17, 15) is 17.4 Å². The molecule has 0 radical (unpaired) electrons. The van der Waals surface area contributed by atoms with Gasteiger partial charge in [0.25, 0.3) is 5.91 Å². The summed E-state index contributed by atoms with van der Waals surface area (Å²) in [6.45, 7) is 3.21. The molecule has 1 aromatic carbocycles. The third-order valence-electron chi connectivity index (χ3n) is 6.24. The first-order valence-electron chi connectivity index (χ1n) is 11.9. The number of hydrogen-bond acceptors (Lipinski definition) is 10. The Kier molecular flexibility index (Phi) is 7.82. The van der Waals surface area contributed by atoms with Crippen LogP contribution in [0.4, 0.5) is 5.13 Å². The van der Waals surface area contributed by atoms with Gasteiger partial charge < -0.3 is 9.57 Å². The number of nitrogens with one attached hydrogen (secondary N) is 1. The summed E-state index contributed by atoms with van der Waals surface area (Å²) in [6.07, 6.45) is 3.53. The van der Waals surface area contributed by atoms with Gasteiger partial charge in [-0.15, -0.1) is 11.3 Å². The summed E-state index contributed by atoms with van der Waals surface area (Å²) < 4.78 is 42.0. The van der Waals surface area contributed by atoms with Gasteiger partial charge in [0.15, 0.2) is 26.8 Å². The Balaban J connectivity index is 1.30. The molecule has 0 unspecified atom stereocenters. The van der Waals surface area contributed by atoms with Crippen molar-refractivity contribution in [3.63, 3.8) is 0 Å². The second kappa shape index (κ2) is 11.1. The zero-order valence-electron chi connectivity index (χ0n) is 19.6. The zero-order valence-corrected chi connectivity index (χ0v) is 22.1. The minimum atomic E-state index is -3.33. The number of sulfone groups is 1. The van der Waals surface area contributed by atoms with Gasteiger partial charge in [0.2, 0.25) is 0 Å². The zero-order chi connectivity index (χ0) is 25.1. The van der Waals surface area contributed by atoms with Crippen molar-refractivity contribution in [2.75, 3.05) is 43.1 Å². The Labute approximate surface area is 216 Å². The van der Waals surface area contributed by atoms with Crippen LogP contribution in [0.3, 0.4) is 0 Å². The Morgan fingerprint density at radius 3 is 2.64 bits per heavy atom. The SMILES string of the molecule is O=C(Nc1ncc(CN2CCS(=O)CC2)s1)C(=NO[C@@H]1CCOC1)c1ccc(S(=O)(=O)C2CC2)cc1. The highest BCUT2D eigenvalue weighted by atomic mass is 32.2. The third kappa shape index (κ3) is 6.20. The summed E-state index contributed by atoms with van der Waals surface area (Å²) >= 11 is 1.37. The van der Waals surface area contributed by atoms with Crippen LogP contribution in [-0.2, 0) is 41.6 Å². The molecule has 5 rings (SSSR count). The number of amides is 1. The van der Waals surface area contributed by atoms with Gasteiger partial charge in [0.05, 0.1) is 23.4 Å². The number of hydrogen-bond donors (Lipinski definition) is 1. The molecular formula is C23H28N4O6S3. The molecule has 2 aliphatic heterocycles. The van der Waals surface area contributed by atoms with Gasteiger partial charge in [0.1, 0.15) is 0 Å². The van der Waals surface area contributed by atoms with Gasteiger partial charge in [-0.2, -0.15) is 0 Å². The van der Waals surface area contributed by atoms with E-state index >= 15 is 0 Å². The molecule has 2 aromatic rings. The van der Waals surface area contributed by atoms with Gasteiger partial charge in [-0.1, -0.05) is 17.3 Å². The van der Waals surface area contributed by atoms with Crippen molar-refractivity contribution in [1.29, 1.82) is 0 Å². The van der Waals surface area contributed by atoms with Crippen molar-refractivity contribution >= 4 is 48.7 Å². The Hall–Kier alpha value is -2.19. The van der Waals surface area contributed by atoms with E-state index in [-0.39, 0.29) is 22.0 Å². The van der Waals surface area contributed by atoms with Crippen LogP contribution in [0.15, 0.2) is 40.5 Å². The number of ether oxygens (including phenoxy) is 1. The summed E-state index contributed by atoms with van der Waals surface area (Å²) in [5.41, 5.74) is 0.479. The van der Waals surface area contributed by atoms with E-state index < -0.39 is 26.5 Å². The molecule has 2 saturated heterocycles. The van der Waals surface area contributed by atoms with Crippen LogP contribution in [0.25, 0.3) is 0 Å². The first kappa shape index (κ1) is 25.5. The third-order valence-corrected chi connectivity index (χ3v) is 10.7. The Morgan fingerprint density at radius 2 is 1.97 bits per heavy atom. The molecule has 3 fully saturated rings. The van der Waals surface area contributed by atoms with E-state index in [4.69, 9.17) is 9.57 Å². The lowest BCUT2D eigenvalue weighted by Gasteiger charge is -2.25. The van der Waals surface area contributed by atoms with E-state index in [1.54, 1.807) is 18.3 Å². The molecule has 1 aromatic heterocycles. The molecule has 0 bridgehead atoms. The molecule has 3 aliphatic rings. The van der Waals surface area contributed by atoms with E-state index in [0.29, 0.717) is 61.2 Å². The van der Waals surface area contributed by atoms with Crippen molar-refractivity contribution in [2.45, 2.75) is 42.1 Å². The highest BCUT2D eigenvalue weighted by molar-refractivity contribution is 7.92. The van der Waals surface area contributed by atoms with Crippen LogP contribution in [0.5, 0.6) is 0 Å². The first-order valence-corrected chi connectivity index (χ1v) is 15.7. The molecule has 1 atom stereocenters. The molecule has 13 heteroatoms. The lowest BCUT2D eigenvalue weighted by molar-refractivity contribution is -0.110. The predicted octanol–water partition coefficient (Wildman–Crippen LogP) is 1.79. The van der Waals surface area contributed by atoms with Crippen LogP contribution >= 0.6 is 11.3 Å². The maximum Gasteiger partial charge on any atom is 0.280 e. The molecule has 1 saturated carbocycles. The van der Waals surface area contributed by atoms with Crippen molar-refractivity contribution in [3.8, 4) is 0 Å². The number of aromatic nitrogens is 1. The van der Waals surface area contributed by atoms with Gasteiger partial charge >= 0.3 is 0 Å². The average molecular weight is 553 g/mol. The van der Waals surface area contributed by atoms with Crippen LogP contribution < -0.4 is 5.32 Å². The lowest BCUT2D eigenvalue weighted by Crippen LogP contribution is -2.36. The minimum absolute atomic E-state index is 0.0347. The Bertz CT molecular complexity index is 1240. The summed E-state index contributed by atoms with van der Waals surface area (Å²) in [7, 11) is -4.06. The number of benzene rings is 1. The van der Waals surface area contributed by atoms with Crippen LogP contribution in [0.1, 0.15) is 29.7 Å². The van der Waals surface area contributed by atoms with Gasteiger partial charge in [-0.25, -0.2) is 13.4 Å². The summed E-state index contributed by atoms with van der Waals surface area (Å²) in [5, 5.41) is 7.05. The molecule has 194 valence electrons. The molecule has 3 heterocycles. The fourth-order valence-corrected chi connectivity index (χ4v) is 7.61. The normalized spacial score (nSPS) is 22.0. The van der Waals surface area contributed by atoms with Crippen LogP contribution in [0.2, 0.25) is 0 Å². The van der Waals surface area contributed by atoms with Gasteiger partial charge in [-0.3, -0.25) is 19.2 Å². The highest BCUT2D eigenvalue weighted by Crippen LogP contribution is 2.33. The fourth-order valence-electron chi connectivity index (χ4n) is 3.97. The summed E-state index contributed by atoms with van der Waals surface area (Å²) in [5.74, 6) is 0.852. The first-order chi connectivity index (χ1) is 17.4. The van der Waals surface area contributed by atoms with Crippen molar-refractivity contribution in [2.24, 2.45) is 5.16 Å². The second-order valence-corrected chi connectivity index (χ2v) is 14.0. The van der Waals surface area contributed by atoms with Crippen LogP contribution in [-0.4, -0.2) is 83.3 Å². The number of rotatable bonds is 9. The smallest absolute Gasteiger partial charge is 0.280 e. The topological polar surface area (TPSA) is 127 Å². The number of anilines is 1. The average Bonchev–Trinajstić information content (AvgIpc) is 3.46. The van der Waals surface area contributed by atoms with Crippen LogP contribution in [0, 0.1) is 0 Å². The van der Waals surface area contributed by atoms with E-state index in [1.165, 1.54) is 23.5 Å². The number of thiazole rings is 1. The number of carbonyl (C=O) groups is 1. The van der Waals surface area contributed by atoms with E-state index in [1.807, 2.05) is 0 Å². The quantitative estimate of drug-likeness (QED) is 0.369. The molecule has 1 aliphatic carbocycles. The van der Waals surface area contributed by atoms with Gasteiger partial charge in [0, 0.05) is 65.0 Å². The highest BCUT2D eigenvalue weighted by Gasteiger charge is 2.36. The molecule has 10 nitrogen and oxygen atoms in total. The standard InChI is InChI=1S/C23H28N4O6S3/c28-22(25-23-24-13-18(34-23)14-27-8-11-35(29)12-9-27)21(26-33-17-7-10-32-15-17)16-1-3-19(4-2-16)36(30,31)20-5-6-20/h1-4,13,17,20H,5-12,14-15H2,(H,24,25,28)/t17-/m1/s1. The summed E-state index contributed by atoms with van der Waals surface area (Å²) in [4.78, 5) is 26.6. The second-order valence-electron chi connectivity index (χ2n) is 9.01. The number of carbonyl (C=O) groups excluding carboxylic acids is 1. The lowest BCUT2D eigenvalue weighted by atomic mass is 10.1. The minimum Gasteiger partial charge on any atom is -0.389 e. The number of oxime groups is 1. The Morgan fingerprint density at radius 1 is 1.22 bits per heavy atom. The largest absolute Gasteiger partial charge is 0.389 e. The van der Waals surface area contributed by atoms with E-state index in [2.05, 4.69) is 20.4 Å². The monoisotopic (exact) mass is 552 g/mol. The maximum atomic E-state index is 13.2. The van der Waals surface area contributed by atoms with Crippen molar-refractivity contribution in [1.82, 2.24) is 9.88 Å². The van der Waals surface area contributed by atoms with Gasteiger partial charge in [-0.05, 0) is 25.0 Å². The molecule has 1 N–H and O–H groups in total. The predicted molar refractivity (Wildman–Crippen MR) is 137 cm³/mol. The molecule has 1 amide bonds. The number of nitrogens with zero attached hydrogens (tertiary/aromatic N) is 3. The maximum absolute atomic E-state index is 13.2. The fraction of sp³-hybridized carbons (Fsp3) is 0.522. The summed E-state index contributed by atoms with van der Waals surface area (Å²) in [6, 6.07) is 6.18. The van der Waals surface area contributed by atoms with Crippen molar-refractivity contribution < 1.29 is 27.0 Å². The molecular weight excluding hydrogens is 524 g/mol.